The lowest BCUT2D eigenvalue weighted by Gasteiger charge is -2.48. The maximum atomic E-state index is 10.6. The number of hydrogen-bond donors (Lipinski definition) is 11. The lowest BCUT2D eigenvalue weighted by Crippen LogP contribution is -2.66. The molecule has 3 aliphatic rings. The molecule has 16 nitrogen and oxygen atoms in total. The average Bonchev–Trinajstić information content (AvgIpc) is 2.83. The lowest BCUT2D eigenvalue weighted by molar-refractivity contribution is -0.391. The second kappa shape index (κ2) is 11.6. The SMILES string of the molecule is OC[C@H]1OC(O)[C@H](O[C@@H]2O[C@H](CO)[C@@H](O)[C@H](O)[C@H]2O[C@@H]2O[C@H](CO)[C@@H](O)[C@H](O)[C@H]2O)[C@@H](O)[C@H]1O. The van der Waals surface area contributed by atoms with Crippen molar-refractivity contribution in [1.29, 1.82) is 0 Å². The van der Waals surface area contributed by atoms with E-state index in [0.29, 0.717) is 0 Å². The summed E-state index contributed by atoms with van der Waals surface area (Å²) in [5.41, 5.74) is 0. The predicted octanol–water partition coefficient (Wildman–Crippen LogP) is -7.57. The molecule has 0 radical (unpaired) electrons. The summed E-state index contributed by atoms with van der Waals surface area (Å²) in [5, 5.41) is 109. The number of hydrogen-bond acceptors (Lipinski definition) is 16. The van der Waals surface area contributed by atoms with E-state index in [9.17, 15) is 56.2 Å². The summed E-state index contributed by atoms with van der Waals surface area (Å²) in [6.07, 6.45) is -25.7. The first-order chi connectivity index (χ1) is 16.0. The molecule has 3 aliphatic heterocycles. The van der Waals surface area contributed by atoms with Gasteiger partial charge in [-0.3, -0.25) is 0 Å². The van der Waals surface area contributed by atoms with Crippen LogP contribution in [0.3, 0.4) is 0 Å². The quantitative estimate of drug-likeness (QED) is 0.154. The van der Waals surface area contributed by atoms with E-state index < -0.39 is 112 Å². The minimum atomic E-state index is -1.90. The maximum Gasteiger partial charge on any atom is 0.187 e. The lowest BCUT2D eigenvalue weighted by atomic mass is 9.96. The molecule has 0 aliphatic carbocycles. The minimum Gasteiger partial charge on any atom is -0.394 e. The van der Waals surface area contributed by atoms with Crippen molar-refractivity contribution in [3.8, 4) is 0 Å². The molecule has 0 bridgehead atoms. The molecular formula is C18H32O16. The van der Waals surface area contributed by atoms with Crippen LogP contribution < -0.4 is 0 Å². The van der Waals surface area contributed by atoms with Crippen molar-refractivity contribution in [3.05, 3.63) is 0 Å². The zero-order valence-corrected chi connectivity index (χ0v) is 17.7. The monoisotopic (exact) mass is 504 g/mol. The Balaban J connectivity index is 1.82. The Labute approximate surface area is 192 Å². The highest BCUT2D eigenvalue weighted by molar-refractivity contribution is 4.95. The van der Waals surface area contributed by atoms with Crippen LogP contribution in [0.25, 0.3) is 0 Å². The van der Waals surface area contributed by atoms with E-state index in [1.807, 2.05) is 0 Å². The average molecular weight is 504 g/mol. The minimum absolute atomic E-state index is 0.734. The molecule has 3 rings (SSSR count). The molecule has 3 fully saturated rings. The van der Waals surface area contributed by atoms with Crippen molar-refractivity contribution in [3.63, 3.8) is 0 Å². The Morgan fingerprint density at radius 3 is 1.38 bits per heavy atom. The third-order valence-electron chi connectivity index (χ3n) is 6.10. The second-order valence-electron chi connectivity index (χ2n) is 8.33. The van der Waals surface area contributed by atoms with Gasteiger partial charge in [-0.05, 0) is 0 Å². The van der Waals surface area contributed by atoms with Gasteiger partial charge < -0.3 is 79.9 Å². The van der Waals surface area contributed by atoms with Crippen LogP contribution in [0.2, 0.25) is 0 Å². The smallest absolute Gasteiger partial charge is 0.187 e. The number of ether oxygens (including phenoxy) is 5. The van der Waals surface area contributed by atoms with Crippen LogP contribution in [0.4, 0.5) is 0 Å². The number of aliphatic hydroxyl groups is 11. The van der Waals surface area contributed by atoms with Gasteiger partial charge in [0.25, 0.3) is 0 Å². The first-order valence-corrected chi connectivity index (χ1v) is 10.6. The molecule has 15 atom stereocenters. The highest BCUT2D eigenvalue weighted by Gasteiger charge is 2.53. The molecule has 34 heavy (non-hydrogen) atoms. The van der Waals surface area contributed by atoms with Gasteiger partial charge in [0.2, 0.25) is 0 Å². The molecule has 16 heteroatoms. The van der Waals surface area contributed by atoms with Gasteiger partial charge in [-0.15, -0.1) is 0 Å². The first-order valence-electron chi connectivity index (χ1n) is 10.6. The molecule has 1 unspecified atom stereocenters. The summed E-state index contributed by atoms with van der Waals surface area (Å²) in [5.74, 6) is 0. The van der Waals surface area contributed by atoms with Gasteiger partial charge in [-0.2, -0.15) is 0 Å². The molecule has 0 saturated carbocycles. The topological polar surface area (TPSA) is 269 Å². The van der Waals surface area contributed by atoms with Crippen LogP contribution in [-0.4, -0.2) is 168 Å². The van der Waals surface area contributed by atoms with E-state index in [0.717, 1.165) is 0 Å². The van der Waals surface area contributed by atoms with Crippen LogP contribution in [0, 0.1) is 0 Å². The summed E-state index contributed by atoms with van der Waals surface area (Å²) < 4.78 is 26.5. The summed E-state index contributed by atoms with van der Waals surface area (Å²) in [7, 11) is 0. The van der Waals surface area contributed by atoms with E-state index in [4.69, 9.17) is 23.7 Å². The summed E-state index contributed by atoms with van der Waals surface area (Å²) in [6, 6.07) is 0. The molecular weight excluding hydrogens is 472 g/mol. The fourth-order valence-corrected chi connectivity index (χ4v) is 4.02. The fourth-order valence-electron chi connectivity index (χ4n) is 4.02. The van der Waals surface area contributed by atoms with Crippen molar-refractivity contribution in [2.24, 2.45) is 0 Å². The highest BCUT2D eigenvalue weighted by Crippen LogP contribution is 2.32. The Morgan fingerprint density at radius 1 is 0.441 bits per heavy atom. The largest absolute Gasteiger partial charge is 0.394 e. The number of rotatable bonds is 7. The Morgan fingerprint density at radius 2 is 0.853 bits per heavy atom. The fraction of sp³-hybridized carbons (Fsp3) is 1.00. The van der Waals surface area contributed by atoms with Gasteiger partial charge in [0.1, 0.15) is 73.2 Å². The van der Waals surface area contributed by atoms with Crippen LogP contribution in [0.15, 0.2) is 0 Å². The molecule has 0 aromatic heterocycles. The van der Waals surface area contributed by atoms with Gasteiger partial charge in [0, 0.05) is 0 Å². The Hall–Kier alpha value is -0.640. The van der Waals surface area contributed by atoms with Crippen molar-refractivity contribution >= 4 is 0 Å². The van der Waals surface area contributed by atoms with Crippen molar-refractivity contribution in [1.82, 2.24) is 0 Å². The van der Waals surface area contributed by atoms with Gasteiger partial charge in [-0.25, -0.2) is 0 Å². The van der Waals surface area contributed by atoms with Crippen molar-refractivity contribution in [2.45, 2.75) is 92.1 Å². The highest BCUT2D eigenvalue weighted by atomic mass is 16.8. The molecule has 3 heterocycles. The maximum absolute atomic E-state index is 10.6. The van der Waals surface area contributed by atoms with Crippen LogP contribution in [0.1, 0.15) is 0 Å². The third kappa shape index (κ3) is 5.37. The van der Waals surface area contributed by atoms with E-state index in [1.54, 1.807) is 0 Å². The Kier molecular flexibility index (Phi) is 9.54. The van der Waals surface area contributed by atoms with E-state index in [-0.39, 0.29) is 0 Å². The van der Waals surface area contributed by atoms with Crippen LogP contribution >= 0.6 is 0 Å². The zero-order valence-electron chi connectivity index (χ0n) is 17.7. The molecule has 0 aromatic carbocycles. The molecule has 3 saturated heterocycles. The van der Waals surface area contributed by atoms with Gasteiger partial charge in [0.05, 0.1) is 19.8 Å². The Bertz CT molecular complexity index is 639. The van der Waals surface area contributed by atoms with E-state index in [1.165, 1.54) is 0 Å². The standard InChI is InChI=1S/C18H32O16/c19-1-4-8(23)11(26)14(16(29)30-4)33-18-15(12(27)9(24)6(3-21)32-18)34-17-13(28)10(25)7(22)5(2-20)31-17/h4-29H,1-3H2/t4-,5-,6-,7-,8+,9-,10+,11+,12+,13-,14-,15-,16?,17+,18+/m1/s1. The molecule has 11 N–H and O–H groups in total. The van der Waals surface area contributed by atoms with E-state index in [2.05, 4.69) is 0 Å². The molecule has 0 spiro atoms. The van der Waals surface area contributed by atoms with Gasteiger partial charge in [0.15, 0.2) is 18.9 Å². The summed E-state index contributed by atoms with van der Waals surface area (Å²) in [4.78, 5) is 0. The van der Waals surface area contributed by atoms with Gasteiger partial charge >= 0.3 is 0 Å². The molecule has 0 amide bonds. The molecule has 200 valence electrons. The van der Waals surface area contributed by atoms with Crippen molar-refractivity contribution < 1.29 is 79.9 Å². The van der Waals surface area contributed by atoms with Crippen LogP contribution in [0.5, 0.6) is 0 Å². The third-order valence-corrected chi connectivity index (χ3v) is 6.10. The normalized spacial score (nSPS) is 52.5. The van der Waals surface area contributed by atoms with Crippen molar-refractivity contribution in [2.75, 3.05) is 19.8 Å². The van der Waals surface area contributed by atoms with Crippen LogP contribution in [-0.2, 0) is 23.7 Å². The number of aliphatic hydroxyl groups excluding tert-OH is 11. The second-order valence-corrected chi connectivity index (χ2v) is 8.33. The van der Waals surface area contributed by atoms with Gasteiger partial charge in [-0.1, -0.05) is 0 Å². The zero-order chi connectivity index (χ0) is 25.3. The first kappa shape index (κ1) is 27.9. The van der Waals surface area contributed by atoms with E-state index >= 15 is 0 Å². The summed E-state index contributed by atoms with van der Waals surface area (Å²) >= 11 is 0. The predicted molar refractivity (Wildman–Crippen MR) is 101 cm³/mol. The summed E-state index contributed by atoms with van der Waals surface area (Å²) in [6.45, 7) is -2.31. The molecule has 0 aromatic rings.